The summed E-state index contributed by atoms with van der Waals surface area (Å²) >= 11 is 2.92. The highest BCUT2D eigenvalue weighted by Crippen LogP contribution is 2.35. The fraction of sp³-hybridized carbons (Fsp3) is 1.00. The first-order valence-corrected chi connectivity index (χ1v) is 6.00. The van der Waals surface area contributed by atoms with Crippen LogP contribution in [0.25, 0.3) is 0 Å². The zero-order chi connectivity index (χ0) is 8.91. The lowest BCUT2D eigenvalue weighted by atomic mass is 10.3. The SMILES string of the molecule is O=P(O)(O)CCCCC(O)Br. The second-order valence-corrected chi connectivity index (χ2v) is 5.15. The van der Waals surface area contributed by atoms with E-state index in [0.717, 1.165) is 0 Å². The van der Waals surface area contributed by atoms with Crippen LogP contribution in [0.15, 0.2) is 0 Å². The van der Waals surface area contributed by atoms with Crippen LogP contribution in [-0.4, -0.2) is 26.1 Å². The average Bonchev–Trinajstić information content (AvgIpc) is 1.78. The van der Waals surface area contributed by atoms with Gasteiger partial charge in [0.2, 0.25) is 0 Å². The Morgan fingerprint density at radius 2 is 1.91 bits per heavy atom. The van der Waals surface area contributed by atoms with E-state index < -0.39 is 12.6 Å². The first-order valence-electron chi connectivity index (χ1n) is 3.28. The van der Waals surface area contributed by atoms with Gasteiger partial charge in [0.15, 0.2) is 0 Å². The molecule has 0 rings (SSSR count). The van der Waals surface area contributed by atoms with Crippen molar-refractivity contribution >= 4 is 23.5 Å². The van der Waals surface area contributed by atoms with Crippen molar-refractivity contribution in [3.63, 3.8) is 0 Å². The third kappa shape index (κ3) is 10.6. The first-order chi connectivity index (χ1) is 4.92. The Balaban J connectivity index is 3.22. The van der Waals surface area contributed by atoms with Crippen LogP contribution in [0.4, 0.5) is 0 Å². The third-order valence-electron chi connectivity index (χ3n) is 1.14. The average molecular weight is 247 g/mol. The number of aliphatic hydroxyl groups is 1. The molecular formula is C5H12BrO4P. The zero-order valence-electron chi connectivity index (χ0n) is 5.98. The van der Waals surface area contributed by atoms with E-state index in [-0.39, 0.29) is 6.16 Å². The Labute approximate surface area is 73.9 Å². The molecule has 0 bridgehead atoms. The van der Waals surface area contributed by atoms with Crippen molar-refractivity contribution in [3.05, 3.63) is 0 Å². The standard InChI is InChI=1S/C5H12BrO4P/c6-5(7)3-1-2-4-11(8,9)10/h5,7H,1-4H2,(H2,8,9,10). The minimum absolute atomic E-state index is 0.0906. The molecule has 0 aliphatic rings. The number of alkyl halides is 1. The summed E-state index contributed by atoms with van der Waals surface area (Å²) in [5.74, 6) is 0. The van der Waals surface area contributed by atoms with Crippen LogP contribution in [0.5, 0.6) is 0 Å². The van der Waals surface area contributed by atoms with Crippen molar-refractivity contribution in [3.8, 4) is 0 Å². The Morgan fingerprint density at radius 1 is 1.36 bits per heavy atom. The smallest absolute Gasteiger partial charge is 0.325 e. The van der Waals surface area contributed by atoms with Gasteiger partial charge in [0.05, 0.1) is 0 Å². The van der Waals surface area contributed by atoms with Crippen molar-refractivity contribution in [2.45, 2.75) is 24.3 Å². The maximum absolute atomic E-state index is 10.3. The van der Waals surface area contributed by atoms with Crippen LogP contribution < -0.4 is 0 Å². The van der Waals surface area contributed by atoms with Gasteiger partial charge in [0, 0.05) is 6.16 Å². The highest BCUT2D eigenvalue weighted by atomic mass is 79.9. The molecule has 11 heavy (non-hydrogen) atoms. The monoisotopic (exact) mass is 246 g/mol. The van der Waals surface area contributed by atoms with Gasteiger partial charge in [-0.05, 0) is 19.3 Å². The predicted octanol–water partition coefficient (Wildman–Crippen LogP) is 1.05. The fourth-order valence-electron chi connectivity index (χ4n) is 0.631. The molecule has 0 aliphatic heterocycles. The van der Waals surface area contributed by atoms with Crippen molar-refractivity contribution in [2.75, 3.05) is 6.16 Å². The molecule has 3 N–H and O–H groups in total. The van der Waals surface area contributed by atoms with Crippen LogP contribution >= 0.6 is 23.5 Å². The molecule has 1 atom stereocenters. The maximum atomic E-state index is 10.3. The lowest BCUT2D eigenvalue weighted by Crippen LogP contribution is -1.95. The number of unbranched alkanes of at least 4 members (excludes halogenated alkanes) is 1. The largest absolute Gasteiger partial charge is 0.382 e. The number of hydrogen-bond donors (Lipinski definition) is 3. The van der Waals surface area contributed by atoms with Gasteiger partial charge in [0.25, 0.3) is 0 Å². The number of hydrogen-bond acceptors (Lipinski definition) is 2. The molecule has 0 fully saturated rings. The van der Waals surface area contributed by atoms with E-state index in [1.165, 1.54) is 0 Å². The molecule has 6 heteroatoms. The van der Waals surface area contributed by atoms with Crippen molar-refractivity contribution < 1.29 is 19.5 Å². The fourth-order valence-corrected chi connectivity index (χ4v) is 1.59. The quantitative estimate of drug-likeness (QED) is 0.385. The second kappa shape index (κ2) is 5.27. The van der Waals surface area contributed by atoms with Crippen LogP contribution in [0.1, 0.15) is 19.3 Å². The second-order valence-electron chi connectivity index (χ2n) is 2.32. The van der Waals surface area contributed by atoms with E-state index in [4.69, 9.17) is 14.9 Å². The normalized spacial score (nSPS) is 14.9. The van der Waals surface area contributed by atoms with Gasteiger partial charge < -0.3 is 14.9 Å². The van der Waals surface area contributed by atoms with Crippen molar-refractivity contribution in [1.29, 1.82) is 0 Å². The van der Waals surface area contributed by atoms with E-state index >= 15 is 0 Å². The predicted molar refractivity (Wildman–Crippen MR) is 45.7 cm³/mol. The minimum Gasteiger partial charge on any atom is -0.382 e. The summed E-state index contributed by atoms with van der Waals surface area (Å²) in [6.07, 6.45) is 1.51. The molecule has 0 spiro atoms. The van der Waals surface area contributed by atoms with Gasteiger partial charge in [-0.2, -0.15) is 0 Å². The molecule has 68 valence electrons. The number of aliphatic hydroxyl groups excluding tert-OH is 1. The third-order valence-corrected chi connectivity index (χ3v) is 2.50. The van der Waals surface area contributed by atoms with Gasteiger partial charge in [0.1, 0.15) is 5.01 Å². The van der Waals surface area contributed by atoms with E-state index in [9.17, 15) is 4.57 Å². The molecular weight excluding hydrogens is 235 g/mol. The van der Waals surface area contributed by atoms with Crippen LogP contribution in [0, 0.1) is 0 Å². The Kier molecular flexibility index (Phi) is 5.56. The van der Waals surface area contributed by atoms with E-state index in [1.807, 2.05) is 0 Å². The topological polar surface area (TPSA) is 77.8 Å². The van der Waals surface area contributed by atoms with Crippen LogP contribution in [0.2, 0.25) is 0 Å². The molecule has 0 amide bonds. The highest BCUT2D eigenvalue weighted by Gasteiger charge is 2.11. The highest BCUT2D eigenvalue weighted by molar-refractivity contribution is 9.09. The molecule has 0 saturated heterocycles. The molecule has 0 aromatic carbocycles. The summed E-state index contributed by atoms with van der Waals surface area (Å²) in [5, 5.41) is 8.15. The molecule has 0 aromatic rings. The molecule has 1 unspecified atom stereocenters. The number of rotatable bonds is 5. The Morgan fingerprint density at radius 3 is 2.27 bits per heavy atom. The molecule has 0 aromatic heterocycles. The number of halogens is 1. The first kappa shape index (κ1) is 11.6. The van der Waals surface area contributed by atoms with Crippen molar-refractivity contribution in [2.24, 2.45) is 0 Å². The molecule has 4 nitrogen and oxygen atoms in total. The molecule has 0 radical (unpaired) electrons. The summed E-state index contributed by atoms with van der Waals surface area (Å²) in [4.78, 5) is 16.8. The summed E-state index contributed by atoms with van der Waals surface area (Å²) in [6.45, 7) is 0. The lowest BCUT2D eigenvalue weighted by Gasteiger charge is -2.03. The van der Waals surface area contributed by atoms with Gasteiger partial charge in [-0.3, -0.25) is 4.57 Å². The minimum atomic E-state index is -3.82. The van der Waals surface area contributed by atoms with Gasteiger partial charge in [-0.1, -0.05) is 15.9 Å². The maximum Gasteiger partial charge on any atom is 0.325 e. The molecule has 0 heterocycles. The van der Waals surface area contributed by atoms with Crippen LogP contribution in [-0.2, 0) is 4.57 Å². The Bertz CT molecular complexity index is 143. The van der Waals surface area contributed by atoms with E-state index in [0.29, 0.717) is 19.3 Å². The van der Waals surface area contributed by atoms with Crippen molar-refractivity contribution in [1.82, 2.24) is 0 Å². The van der Waals surface area contributed by atoms with Gasteiger partial charge >= 0.3 is 7.60 Å². The zero-order valence-corrected chi connectivity index (χ0v) is 8.46. The van der Waals surface area contributed by atoms with E-state index in [1.54, 1.807) is 0 Å². The summed E-state index contributed by atoms with van der Waals surface area (Å²) in [5.41, 5.74) is 0. The molecule has 0 aliphatic carbocycles. The summed E-state index contributed by atoms with van der Waals surface area (Å²) in [7, 11) is -3.82. The van der Waals surface area contributed by atoms with Gasteiger partial charge in [-0.15, -0.1) is 0 Å². The lowest BCUT2D eigenvalue weighted by molar-refractivity contribution is 0.255. The summed E-state index contributed by atoms with van der Waals surface area (Å²) in [6, 6.07) is 0. The Hall–Kier alpha value is 0.590. The summed E-state index contributed by atoms with van der Waals surface area (Å²) < 4.78 is 10.3. The van der Waals surface area contributed by atoms with E-state index in [2.05, 4.69) is 15.9 Å². The molecule has 0 saturated carbocycles. The van der Waals surface area contributed by atoms with Crippen LogP contribution in [0.3, 0.4) is 0 Å². The van der Waals surface area contributed by atoms with Gasteiger partial charge in [-0.25, -0.2) is 0 Å².